The average Bonchev–Trinajstić information content (AvgIpc) is 2.97. The van der Waals surface area contributed by atoms with Gasteiger partial charge in [-0.1, -0.05) is 150 Å². The summed E-state index contributed by atoms with van der Waals surface area (Å²) >= 11 is 0. The van der Waals surface area contributed by atoms with E-state index in [0.717, 1.165) is 25.7 Å². The molecule has 0 radical (unpaired) electrons. The number of allylic oxidation sites excluding steroid dienone is 4. The topological polar surface area (TPSA) is 80.3 Å². The van der Waals surface area contributed by atoms with Gasteiger partial charge in [-0.05, 0) is 77.0 Å². The van der Waals surface area contributed by atoms with Gasteiger partial charge in [0.2, 0.25) is 0 Å². The maximum Gasteiger partial charge on any atom is 2.00 e. The van der Waals surface area contributed by atoms with Gasteiger partial charge in [-0.3, -0.25) is 0 Å². The molecule has 0 saturated carbocycles. The van der Waals surface area contributed by atoms with Crippen LogP contribution >= 0.6 is 16.1 Å². The van der Waals surface area contributed by atoms with E-state index in [1.54, 1.807) is 0 Å². The van der Waals surface area contributed by atoms with Crippen LogP contribution in [0.3, 0.4) is 0 Å². The normalized spacial score (nSPS) is 11.9. The molecule has 4 nitrogen and oxygen atoms in total. The van der Waals surface area contributed by atoms with Crippen molar-refractivity contribution < 1.29 is 35.4 Å². The van der Waals surface area contributed by atoms with Crippen LogP contribution in [0.4, 0.5) is 0 Å². The molecule has 0 aliphatic heterocycles. The van der Waals surface area contributed by atoms with Gasteiger partial charge in [0.05, 0.1) is 0 Å². The molecular formula is C36H70NiO4P2+2. The number of hydrogen-bond donors (Lipinski definition) is 0. The van der Waals surface area contributed by atoms with Crippen molar-refractivity contribution in [3.63, 3.8) is 0 Å². The summed E-state index contributed by atoms with van der Waals surface area (Å²) < 4.78 is 20.8. The van der Waals surface area contributed by atoms with Gasteiger partial charge in [0.15, 0.2) is 0 Å². The summed E-state index contributed by atoms with van der Waals surface area (Å²) in [5.74, 6) is 0. The van der Waals surface area contributed by atoms with Crippen molar-refractivity contribution in [1.82, 2.24) is 0 Å². The van der Waals surface area contributed by atoms with E-state index in [1.165, 1.54) is 154 Å². The number of unbranched alkanes of at least 4 members (excludes halogenated alkanes) is 24. The molecule has 0 saturated heterocycles. The second kappa shape index (κ2) is 44.2. The van der Waals surface area contributed by atoms with E-state index in [4.69, 9.17) is 0 Å². The van der Waals surface area contributed by atoms with Crippen LogP contribution in [0, 0.1) is 0 Å². The second-order valence-electron chi connectivity index (χ2n) is 12.0. The molecule has 2 atom stereocenters. The van der Waals surface area contributed by atoms with Crippen LogP contribution in [-0.4, -0.2) is 12.3 Å². The van der Waals surface area contributed by atoms with Gasteiger partial charge in [0.1, 0.15) is 12.3 Å². The molecule has 2 unspecified atom stereocenters. The SMILES string of the molecule is CCCCCCCCC=CCCCCCCCC[P+](=O)[O-].CCCCCCCCC=CCCCCCCCC[P+](=O)[O-].[Ni+2]. The molecule has 7 heteroatoms. The Morgan fingerprint density at radius 1 is 0.372 bits per heavy atom. The minimum absolute atomic E-state index is 0. The monoisotopic (exact) mass is 686 g/mol. The van der Waals surface area contributed by atoms with Gasteiger partial charge >= 0.3 is 32.5 Å². The molecule has 0 aromatic heterocycles. The summed E-state index contributed by atoms with van der Waals surface area (Å²) in [7, 11) is -4.30. The number of hydrogen-bond acceptors (Lipinski definition) is 4. The molecule has 256 valence electrons. The Labute approximate surface area is 280 Å². The van der Waals surface area contributed by atoms with Gasteiger partial charge in [0.25, 0.3) is 0 Å². The van der Waals surface area contributed by atoms with Crippen LogP contribution in [0.15, 0.2) is 24.3 Å². The van der Waals surface area contributed by atoms with Crippen LogP contribution in [0.25, 0.3) is 0 Å². The van der Waals surface area contributed by atoms with Crippen LogP contribution < -0.4 is 9.79 Å². The van der Waals surface area contributed by atoms with Crippen molar-refractivity contribution in [2.24, 2.45) is 0 Å². The van der Waals surface area contributed by atoms with E-state index in [0.29, 0.717) is 12.3 Å². The molecule has 0 fully saturated rings. The Bertz CT molecular complexity index is 562. The third kappa shape index (κ3) is 51.9. The fourth-order valence-electron chi connectivity index (χ4n) is 4.98. The van der Waals surface area contributed by atoms with Crippen LogP contribution in [0.1, 0.15) is 194 Å². The standard InChI is InChI=1S/2C18H35O2P.Ni/c2*1-2-3-4-5-6-7-8-9-10-11-12-13-14-15-16-17-18-21(19)20;/h2*9-10H,2-8,11-18H2,1H3;/q;;+2. The largest absolute Gasteiger partial charge is 2.00 e. The Kier molecular flexibility index (Phi) is 48.8. The molecule has 0 heterocycles. The average molecular weight is 688 g/mol. The Hall–Kier alpha value is 0.0935. The zero-order valence-electron chi connectivity index (χ0n) is 28.4. The van der Waals surface area contributed by atoms with Gasteiger partial charge < -0.3 is 9.79 Å². The first-order valence-corrected chi connectivity index (χ1v) is 20.8. The van der Waals surface area contributed by atoms with Crippen LogP contribution in [0.2, 0.25) is 0 Å². The summed E-state index contributed by atoms with van der Waals surface area (Å²) in [6, 6.07) is 0. The quantitative estimate of drug-likeness (QED) is 0.0305. The van der Waals surface area contributed by atoms with E-state index in [1.807, 2.05) is 0 Å². The van der Waals surface area contributed by atoms with Crippen molar-refractivity contribution in [3.05, 3.63) is 24.3 Å². The molecule has 0 aliphatic carbocycles. The molecular weight excluding hydrogens is 617 g/mol. The summed E-state index contributed by atoms with van der Waals surface area (Å²) in [6.45, 7) is 4.52. The Balaban J connectivity index is -0.000000727. The minimum Gasteiger partial charge on any atom is -0.596 e. The summed E-state index contributed by atoms with van der Waals surface area (Å²) in [4.78, 5) is 20.8. The van der Waals surface area contributed by atoms with Gasteiger partial charge in [-0.2, -0.15) is 0 Å². The van der Waals surface area contributed by atoms with E-state index >= 15 is 0 Å². The van der Waals surface area contributed by atoms with Gasteiger partial charge in [-0.25, -0.2) is 0 Å². The first-order valence-electron chi connectivity index (χ1n) is 18.1. The smallest absolute Gasteiger partial charge is 0.596 e. The predicted octanol–water partition coefficient (Wildman–Crippen LogP) is 12.3. The van der Waals surface area contributed by atoms with Crippen molar-refractivity contribution in [3.8, 4) is 0 Å². The Morgan fingerprint density at radius 2 is 0.581 bits per heavy atom. The maximum absolute atomic E-state index is 10.4. The van der Waals surface area contributed by atoms with Crippen molar-refractivity contribution >= 4 is 16.1 Å². The van der Waals surface area contributed by atoms with E-state index < -0.39 is 16.1 Å². The van der Waals surface area contributed by atoms with Crippen molar-refractivity contribution in [2.45, 2.75) is 194 Å². The summed E-state index contributed by atoms with van der Waals surface area (Å²) in [5.41, 5.74) is 0. The number of rotatable bonds is 32. The van der Waals surface area contributed by atoms with E-state index in [2.05, 4.69) is 38.2 Å². The fraction of sp³-hybridized carbons (Fsp3) is 0.889. The molecule has 43 heavy (non-hydrogen) atoms. The molecule has 0 bridgehead atoms. The maximum atomic E-state index is 10.4. The first kappa shape index (κ1) is 47.5. The van der Waals surface area contributed by atoms with E-state index in [-0.39, 0.29) is 16.5 Å². The van der Waals surface area contributed by atoms with Gasteiger partial charge in [-0.15, -0.1) is 0 Å². The van der Waals surface area contributed by atoms with Crippen LogP contribution in [0.5, 0.6) is 0 Å². The molecule has 0 spiro atoms. The molecule has 0 rings (SSSR count). The molecule has 0 aliphatic rings. The molecule has 0 aromatic rings. The fourth-order valence-corrected chi connectivity index (χ4v) is 5.94. The zero-order valence-corrected chi connectivity index (χ0v) is 31.1. The first-order chi connectivity index (χ1) is 20.5. The molecule has 0 amide bonds. The Morgan fingerprint density at radius 3 is 0.814 bits per heavy atom. The van der Waals surface area contributed by atoms with Crippen LogP contribution in [-0.2, 0) is 25.6 Å². The third-order valence-corrected chi connectivity index (χ3v) is 9.07. The zero-order chi connectivity index (χ0) is 31.2. The minimum atomic E-state index is -2.15. The molecule has 0 N–H and O–H groups in total. The van der Waals surface area contributed by atoms with Crippen molar-refractivity contribution in [1.29, 1.82) is 0 Å². The van der Waals surface area contributed by atoms with Gasteiger partial charge in [0, 0.05) is 0 Å². The summed E-state index contributed by atoms with van der Waals surface area (Å²) in [6.07, 6.45) is 45.4. The predicted molar refractivity (Wildman–Crippen MR) is 184 cm³/mol. The summed E-state index contributed by atoms with van der Waals surface area (Å²) in [5, 5.41) is 0. The van der Waals surface area contributed by atoms with Crippen molar-refractivity contribution in [2.75, 3.05) is 12.3 Å². The third-order valence-electron chi connectivity index (χ3n) is 7.70. The van der Waals surface area contributed by atoms with E-state index in [9.17, 15) is 18.9 Å². The second-order valence-corrected chi connectivity index (χ2v) is 14.2. The molecule has 0 aromatic carbocycles.